The molecule has 0 bridgehead atoms. The van der Waals surface area contributed by atoms with Gasteiger partial charge in [0.05, 0.1) is 6.10 Å². The van der Waals surface area contributed by atoms with E-state index in [1.807, 2.05) is 0 Å². The van der Waals surface area contributed by atoms with Crippen LogP contribution in [0.15, 0.2) is 11.6 Å². The van der Waals surface area contributed by atoms with Gasteiger partial charge in [-0.25, -0.2) is 0 Å². The summed E-state index contributed by atoms with van der Waals surface area (Å²) in [6, 6.07) is 0. The second-order valence-electron chi connectivity index (χ2n) is 9.85. The Hall–Kier alpha value is -0.670. The molecule has 3 heteroatoms. The Kier molecular flexibility index (Phi) is 2.94. The summed E-state index contributed by atoms with van der Waals surface area (Å²) in [5.41, 5.74) is 1.57. The van der Waals surface area contributed by atoms with Gasteiger partial charge in [-0.3, -0.25) is 4.79 Å². The molecule has 4 aliphatic carbocycles. The standard InChI is InChI=1S/C21H30O3/c1-12(22)21-11-17-15-5-4-13-10-14(23)6-8-19(13,2)16(15)7-9-20(17,3)18(21)24-21/h4,14-18,23H,5-11H2,1-3H3/t14-,15-,16+,17+,18+,19-,20-,21-/m0/s1. The van der Waals surface area contributed by atoms with Crippen LogP contribution in [-0.2, 0) is 9.53 Å². The van der Waals surface area contributed by atoms with Gasteiger partial charge in [0.15, 0.2) is 11.4 Å². The molecule has 132 valence electrons. The van der Waals surface area contributed by atoms with E-state index in [2.05, 4.69) is 19.9 Å². The molecule has 3 nitrogen and oxygen atoms in total. The number of fused-ring (bicyclic) bond motifs is 7. The maximum atomic E-state index is 12.2. The highest BCUT2D eigenvalue weighted by atomic mass is 16.6. The fourth-order valence-corrected chi connectivity index (χ4v) is 7.44. The number of aliphatic hydroxyl groups excluding tert-OH is 1. The average Bonchev–Trinajstić information content (AvgIpc) is 3.22. The van der Waals surface area contributed by atoms with Crippen molar-refractivity contribution >= 4 is 5.78 Å². The van der Waals surface area contributed by atoms with Gasteiger partial charge in [0.25, 0.3) is 0 Å². The first-order valence-corrected chi connectivity index (χ1v) is 9.88. The average molecular weight is 330 g/mol. The van der Waals surface area contributed by atoms with E-state index in [1.165, 1.54) is 18.4 Å². The van der Waals surface area contributed by atoms with Crippen molar-refractivity contribution in [2.24, 2.45) is 28.6 Å². The molecular weight excluding hydrogens is 300 g/mol. The Morgan fingerprint density at radius 2 is 2.04 bits per heavy atom. The summed E-state index contributed by atoms with van der Waals surface area (Å²) in [5, 5.41) is 10.1. The van der Waals surface area contributed by atoms with Crippen molar-refractivity contribution in [3.63, 3.8) is 0 Å². The summed E-state index contributed by atoms with van der Waals surface area (Å²) in [6.07, 6.45) is 10.0. The van der Waals surface area contributed by atoms with Crippen molar-refractivity contribution in [1.82, 2.24) is 0 Å². The van der Waals surface area contributed by atoms with Crippen LogP contribution in [0.1, 0.15) is 65.7 Å². The van der Waals surface area contributed by atoms with Gasteiger partial charge in [-0.2, -0.15) is 0 Å². The van der Waals surface area contributed by atoms with Crippen LogP contribution >= 0.6 is 0 Å². The Balaban J connectivity index is 1.50. The SMILES string of the molecule is CC(=O)[C@@]12C[C@@H]3[C@H]4CC=C5C[C@@H](O)CC[C@]5(C)[C@@H]4CC[C@]3(C)[C@H]1O2. The molecule has 1 N–H and O–H groups in total. The highest BCUT2D eigenvalue weighted by molar-refractivity contribution is 5.89. The van der Waals surface area contributed by atoms with E-state index in [1.54, 1.807) is 6.92 Å². The maximum Gasteiger partial charge on any atom is 0.164 e. The molecular formula is C21H30O3. The first-order valence-electron chi connectivity index (χ1n) is 9.88. The van der Waals surface area contributed by atoms with Crippen molar-refractivity contribution in [1.29, 1.82) is 0 Å². The number of hydrogen-bond acceptors (Lipinski definition) is 3. The third kappa shape index (κ3) is 1.69. The molecule has 8 atom stereocenters. The highest BCUT2D eigenvalue weighted by Crippen LogP contribution is 2.72. The number of rotatable bonds is 1. The molecule has 1 heterocycles. The molecule has 1 aliphatic heterocycles. The Bertz CT molecular complexity index is 639. The summed E-state index contributed by atoms with van der Waals surface area (Å²) in [4.78, 5) is 12.2. The lowest BCUT2D eigenvalue weighted by atomic mass is 9.48. The fourth-order valence-electron chi connectivity index (χ4n) is 7.44. The van der Waals surface area contributed by atoms with Gasteiger partial charge in [-0.15, -0.1) is 0 Å². The van der Waals surface area contributed by atoms with E-state index in [4.69, 9.17) is 4.74 Å². The zero-order valence-corrected chi connectivity index (χ0v) is 15.2. The molecule has 0 spiro atoms. The van der Waals surface area contributed by atoms with E-state index < -0.39 is 5.60 Å². The number of ketones is 1. The molecule has 4 fully saturated rings. The van der Waals surface area contributed by atoms with Gasteiger partial charge < -0.3 is 9.84 Å². The molecule has 5 rings (SSSR count). The summed E-state index contributed by atoms with van der Waals surface area (Å²) < 4.78 is 6.00. The predicted octanol–water partition coefficient (Wildman–Crippen LogP) is 3.65. The van der Waals surface area contributed by atoms with E-state index in [9.17, 15) is 9.90 Å². The summed E-state index contributed by atoms with van der Waals surface area (Å²) in [7, 11) is 0. The topological polar surface area (TPSA) is 49.8 Å². The Morgan fingerprint density at radius 3 is 2.79 bits per heavy atom. The third-order valence-electron chi connectivity index (χ3n) is 8.93. The van der Waals surface area contributed by atoms with Gasteiger partial charge in [-0.1, -0.05) is 25.5 Å². The number of allylic oxidation sites excluding steroid dienone is 1. The fraction of sp³-hybridized carbons (Fsp3) is 0.857. The normalized spacial score (nSPS) is 58.0. The minimum absolute atomic E-state index is 0.136. The number of hydrogen-bond donors (Lipinski definition) is 1. The minimum atomic E-state index is -0.429. The largest absolute Gasteiger partial charge is 0.393 e. The zero-order chi connectivity index (χ0) is 16.9. The first kappa shape index (κ1) is 15.6. The van der Waals surface area contributed by atoms with Gasteiger partial charge >= 0.3 is 0 Å². The van der Waals surface area contributed by atoms with Crippen molar-refractivity contribution < 1.29 is 14.6 Å². The van der Waals surface area contributed by atoms with Crippen LogP contribution in [-0.4, -0.2) is 28.7 Å². The Labute approximate surface area is 144 Å². The highest BCUT2D eigenvalue weighted by Gasteiger charge is 2.77. The van der Waals surface area contributed by atoms with Crippen molar-refractivity contribution in [3.8, 4) is 0 Å². The molecule has 0 aromatic heterocycles. The molecule has 0 aromatic carbocycles. The smallest absolute Gasteiger partial charge is 0.164 e. The monoisotopic (exact) mass is 330 g/mol. The maximum absolute atomic E-state index is 12.2. The van der Waals surface area contributed by atoms with Crippen molar-refractivity contribution in [3.05, 3.63) is 11.6 Å². The molecule has 0 unspecified atom stereocenters. The molecule has 1 saturated heterocycles. The van der Waals surface area contributed by atoms with Gasteiger partial charge in [-0.05, 0) is 75.0 Å². The van der Waals surface area contributed by atoms with E-state index >= 15 is 0 Å². The quantitative estimate of drug-likeness (QED) is 0.590. The Morgan fingerprint density at radius 1 is 1.25 bits per heavy atom. The van der Waals surface area contributed by atoms with Gasteiger partial charge in [0.2, 0.25) is 0 Å². The summed E-state index contributed by atoms with van der Waals surface area (Å²) in [5.74, 6) is 2.30. The summed E-state index contributed by atoms with van der Waals surface area (Å²) in [6.45, 7) is 6.57. The van der Waals surface area contributed by atoms with Crippen LogP contribution in [0.25, 0.3) is 0 Å². The lowest BCUT2D eigenvalue weighted by Gasteiger charge is -2.57. The molecule has 0 radical (unpaired) electrons. The molecule has 24 heavy (non-hydrogen) atoms. The molecule has 3 saturated carbocycles. The number of carbonyl (C=O) groups is 1. The van der Waals surface area contributed by atoms with Crippen molar-refractivity contribution in [2.45, 2.75) is 83.5 Å². The number of Topliss-reactive ketones (excluding diaryl/α,β-unsaturated/α-hetero) is 1. The van der Waals surface area contributed by atoms with E-state index in [-0.39, 0.29) is 28.8 Å². The van der Waals surface area contributed by atoms with Crippen molar-refractivity contribution in [2.75, 3.05) is 0 Å². The molecule has 5 aliphatic rings. The van der Waals surface area contributed by atoms with Crippen LogP contribution in [0.3, 0.4) is 0 Å². The number of aliphatic hydroxyl groups is 1. The molecule has 0 amide bonds. The second-order valence-corrected chi connectivity index (χ2v) is 9.85. The zero-order valence-electron chi connectivity index (χ0n) is 15.2. The van der Waals surface area contributed by atoms with Gasteiger partial charge in [0, 0.05) is 5.41 Å². The number of epoxide rings is 1. The minimum Gasteiger partial charge on any atom is -0.393 e. The number of carbonyl (C=O) groups excluding carboxylic acids is 1. The lowest BCUT2D eigenvalue weighted by molar-refractivity contribution is -0.123. The number of ether oxygens (including phenoxy) is 1. The van der Waals surface area contributed by atoms with Crippen LogP contribution in [0, 0.1) is 28.6 Å². The third-order valence-corrected chi connectivity index (χ3v) is 8.93. The van der Waals surface area contributed by atoms with Crippen LogP contribution in [0.5, 0.6) is 0 Å². The van der Waals surface area contributed by atoms with Crippen LogP contribution < -0.4 is 0 Å². The second kappa shape index (κ2) is 4.54. The summed E-state index contributed by atoms with van der Waals surface area (Å²) >= 11 is 0. The van der Waals surface area contributed by atoms with E-state index in [0.29, 0.717) is 11.8 Å². The van der Waals surface area contributed by atoms with E-state index in [0.717, 1.165) is 38.0 Å². The van der Waals surface area contributed by atoms with Crippen LogP contribution in [0.2, 0.25) is 0 Å². The van der Waals surface area contributed by atoms with Gasteiger partial charge in [0.1, 0.15) is 6.10 Å². The molecule has 0 aromatic rings. The predicted molar refractivity (Wildman–Crippen MR) is 91.4 cm³/mol. The first-order chi connectivity index (χ1) is 11.3. The van der Waals surface area contributed by atoms with Crippen LogP contribution in [0.4, 0.5) is 0 Å². The lowest BCUT2D eigenvalue weighted by Crippen LogP contribution is -2.50.